The van der Waals surface area contributed by atoms with E-state index in [9.17, 15) is 24.6 Å². The minimum Gasteiger partial charge on any atom is -0.475 e. The fourth-order valence-corrected chi connectivity index (χ4v) is 7.37. The van der Waals surface area contributed by atoms with E-state index in [1.807, 2.05) is 20.8 Å². The quantitative estimate of drug-likeness (QED) is 0.707. The maximum atomic E-state index is 15.1. The van der Waals surface area contributed by atoms with Crippen LogP contribution in [-0.4, -0.2) is 33.9 Å². The van der Waals surface area contributed by atoms with Gasteiger partial charge in [0.15, 0.2) is 5.78 Å². The Morgan fingerprint density at radius 3 is 2.61 bits per heavy atom. The summed E-state index contributed by atoms with van der Waals surface area (Å²) >= 11 is 0. The van der Waals surface area contributed by atoms with E-state index in [0.717, 1.165) is 0 Å². The Kier molecular flexibility index (Phi) is 4.24. The summed E-state index contributed by atoms with van der Waals surface area (Å²) in [5.41, 5.74) is -0.912. The van der Waals surface area contributed by atoms with Gasteiger partial charge in [0.1, 0.15) is 5.83 Å². The second-order valence-electron chi connectivity index (χ2n) is 9.78. The summed E-state index contributed by atoms with van der Waals surface area (Å²) < 4.78 is 15.1. The van der Waals surface area contributed by atoms with Gasteiger partial charge in [-0.15, -0.1) is 0 Å². The maximum absolute atomic E-state index is 15.1. The number of aliphatic hydroxyl groups is 1. The Bertz CT molecular complexity index is 829. The van der Waals surface area contributed by atoms with Crippen LogP contribution < -0.4 is 0 Å². The van der Waals surface area contributed by atoms with Crippen LogP contribution in [-0.2, 0) is 14.4 Å². The molecule has 2 fully saturated rings. The average molecular weight is 390 g/mol. The summed E-state index contributed by atoms with van der Waals surface area (Å²) in [7, 11) is 0. The van der Waals surface area contributed by atoms with Crippen molar-refractivity contribution in [3.05, 3.63) is 23.6 Å². The van der Waals surface area contributed by atoms with Crippen molar-refractivity contribution in [2.24, 2.45) is 40.4 Å². The van der Waals surface area contributed by atoms with Crippen LogP contribution in [0.2, 0.25) is 0 Å². The number of carbonyl (C=O) groups excluding carboxylic acids is 2. The van der Waals surface area contributed by atoms with E-state index in [-0.39, 0.29) is 48.1 Å². The van der Waals surface area contributed by atoms with Crippen LogP contribution in [0.5, 0.6) is 0 Å². The molecular formula is C22H27FO5. The lowest BCUT2D eigenvalue weighted by molar-refractivity contribution is -0.158. The summed E-state index contributed by atoms with van der Waals surface area (Å²) in [6.07, 6.45) is 3.62. The standard InChI is InChI=1S/C22H27FO5/c1-10-6-13-12-8-15(23)14-7-11(24)4-5-21(14,2)18(12)16(25)9-22(13,3)17(10)19(26)20(27)28/h4-5,10,12-13,16-18,25H,6-9H2,1-3H3,(H,27,28)/t10-,12?,13+,16+,17-,18?,21+,22+/m1/s1. The summed E-state index contributed by atoms with van der Waals surface area (Å²) in [6.45, 7) is 5.68. The second-order valence-corrected chi connectivity index (χ2v) is 9.78. The molecule has 28 heavy (non-hydrogen) atoms. The molecule has 0 aromatic carbocycles. The molecule has 2 N–H and O–H groups in total. The van der Waals surface area contributed by atoms with E-state index in [1.54, 1.807) is 6.08 Å². The lowest BCUT2D eigenvalue weighted by Crippen LogP contribution is -2.56. The van der Waals surface area contributed by atoms with E-state index in [4.69, 9.17) is 0 Å². The van der Waals surface area contributed by atoms with E-state index in [1.165, 1.54) is 6.08 Å². The number of aliphatic carboxylic acids is 1. The summed E-state index contributed by atoms with van der Waals surface area (Å²) in [5.74, 6) is -3.91. The first kappa shape index (κ1) is 19.5. The van der Waals surface area contributed by atoms with Crippen LogP contribution in [0, 0.1) is 40.4 Å². The number of rotatable bonds is 2. The number of Topliss-reactive ketones (excluding diaryl/α,β-unsaturated/α-hetero) is 1. The van der Waals surface area contributed by atoms with Crippen LogP contribution >= 0.6 is 0 Å². The third-order valence-corrected chi connectivity index (χ3v) is 8.34. The molecule has 0 aromatic heterocycles. The first-order valence-electron chi connectivity index (χ1n) is 10.1. The molecule has 0 bridgehead atoms. The van der Waals surface area contributed by atoms with Crippen molar-refractivity contribution in [1.29, 1.82) is 0 Å². The van der Waals surface area contributed by atoms with Crippen LogP contribution in [0.25, 0.3) is 0 Å². The number of carbonyl (C=O) groups is 3. The van der Waals surface area contributed by atoms with Gasteiger partial charge in [-0.3, -0.25) is 9.59 Å². The van der Waals surface area contributed by atoms with Crippen molar-refractivity contribution >= 4 is 17.5 Å². The number of hydrogen-bond acceptors (Lipinski definition) is 4. The third-order valence-electron chi connectivity index (χ3n) is 8.34. The molecule has 152 valence electrons. The highest BCUT2D eigenvalue weighted by molar-refractivity contribution is 6.33. The maximum Gasteiger partial charge on any atom is 0.372 e. The largest absolute Gasteiger partial charge is 0.475 e. The smallest absolute Gasteiger partial charge is 0.372 e. The zero-order chi connectivity index (χ0) is 20.6. The number of hydrogen-bond donors (Lipinski definition) is 2. The van der Waals surface area contributed by atoms with Gasteiger partial charge in [-0.1, -0.05) is 26.8 Å². The number of fused-ring (bicyclic) bond motifs is 5. The molecule has 6 heteroatoms. The third kappa shape index (κ3) is 2.43. The van der Waals surface area contributed by atoms with Crippen molar-refractivity contribution < 1.29 is 29.0 Å². The van der Waals surface area contributed by atoms with Gasteiger partial charge >= 0.3 is 5.97 Å². The van der Waals surface area contributed by atoms with Gasteiger partial charge in [-0.05, 0) is 47.7 Å². The topological polar surface area (TPSA) is 91.7 Å². The first-order chi connectivity index (χ1) is 13.0. The van der Waals surface area contributed by atoms with Crippen molar-refractivity contribution in [2.75, 3.05) is 0 Å². The molecule has 2 saturated carbocycles. The molecule has 0 heterocycles. The molecule has 0 spiro atoms. The fourth-order valence-electron chi connectivity index (χ4n) is 7.37. The van der Waals surface area contributed by atoms with Crippen LogP contribution in [0.15, 0.2) is 23.6 Å². The SMILES string of the molecule is C[C@@H]1C[C@H]2C3CC(F)=C4CC(=O)C=C[C@]4(C)C3[C@@H](O)C[C@]2(C)[C@H]1C(=O)C(=O)O. The van der Waals surface area contributed by atoms with Gasteiger partial charge in [-0.2, -0.15) is 0 Å². The van der Waals surface area contributed by atoms with Gasteiger partial charge in [0.25, 0.3) is 0 Å². The van der Waals surface area contributed by atoms with Crippen molar-refractivity contribution in [3.63, 3.8) is 0 Å². The number of carboxylic acids is 1. The highest BCUT2D eigenvalue weighted by Crippen LogP contribution is 2.67. The molecule has 0 aliphatic heterocycles. The van der Waals surface area contributed by atoms with Gasteiger partial charge in [0, 0.05) is 30.1 Å². The second kappa shape index (κ2) is 6.09. The molecule has 4 aliphatic rings. The molecule has 0 aromatic rings. The van der Waals surface area contributed by atoms with Gasteiger partial charge < -0.3 is 10.2 Å². The van der Waals surface area contributed by atoms with E-state index in [0.29, 0.717) is 18.4 Å². The van der Waals surface area contributed by atoms with Crippen molar-refractivity contribution in [1.82, 2.24) is 0 Å². The van der Waals surface area contributed by atoms with Crippen LogP contribution in [0.3, 0.4) is 0 Å². The molecule has 0 radical (unpaired) electrons. The molecule has 0 saturated heterocycles. The molecule has 4 aliphatic carbocycles. The summed E-state index contributed by atoms with van der Waals surface area (Å²) in [6, 6.07) is 0. The normalized spacial score (nSPS) is 47.4. The highest BCUT2D eigenvalue weighted by Gasteiger charge is 2.65. The lowest BCUT2D eigenvalue weighted by Gasteiger charge is -2.58. The molecular weight excluding hydrogens is 363 g/mol. The summed E-state index contributed by atoms with van der Waals surface area (Å²) in [4.78, 5) is 35.7. The van der Waals surface area contributed by atoms with Crippen molar-refractivity contribution in [3.8, 4) is 0 Å². The summed E-state index contributed by atoms with van der Waals surface area (Å²) in [5, 5.41) is 20.5. The van der Waals surface area contributed by atoms with E-state index in [2.05, 4.69) is 0 Å². The minimum absolute atomic E-state index is 0.0423. The molecule has 8 atom stereocenters. The van der Waals surface area contributed by atoms with Gasteiger partial charge in [-0.25, -0.2) is 9.18 Å². The predicted octanol–water partition coefficient (Wildman–Crippen LogP) is 3.08. The fraction of sp³-hybridized carbons (Fsp3) is 0.682. The average Bonchev–Trinajstić information content (AvgIpc) is 2.85. The van der Waals surface area contributed by atoms with E-state index < -0.39 is 34.6 Å². The Hall–Kier alpha value is -1.82. The first-order valence-corrected chi connectivity index (χ1v) is 10.1. The van der Waals surface area contributed by atoms with Crippen LogP contribution in [0.4, 0.5) is 4.39 Å². The van der Waals surface area contributed by atoms with E-state index >= 15 is 4.39 Å². The Morgan fingerprint density at radius 1 is 1.29 bits per heavy atom. The molecule has 5 nitrogen and oxygen atoms in total. The number of allylic oxidation sites excluding steroid dienone is 4. The highest BCUT2D eigenvalue weighted by atomic mass is 19.1. The molecule has 0 amide bonds. The van der Waals surface area contributed by atoms with Gasteiger partial charge in [0.05, 0.1) is 6.10 Å². The number of ketones is 2. The monoisotopic (exact) mass is 390 g/mol. The number of aliphatic hydroxyl groups excluding tert-OH is 1. The Balaban J connectivity index is 1.79. The lowest BCUT2D eigenvalue weighted by atomic mass is 9.47. The zero-order valence-corrected chi connectivity index (χ0v) is 16.4. The number of halogens is 1. The van der Waals surface area contributed by atoms with Gasteiger partial charge in [0.2, 0.25) is 5.78 Å². The Labute approximate surface area is 163 Å². The van der Waals surface area contributed by atoms with Crippen LogP contribution in [0.1, 0.15) is 46.5 Å². The molecule has 2 unspecified atom stereocenters. The van der Waals surface area contributed by atoms with Crippen molar-refractivity contribution in [2.45, 2.75) is 52.6 Å². The minimum atomic E-state index is -1.44. The zero-order valence-electron chi connectivity index (χ0n) is 16.4. The molecule has 4 rings (SSSR count). The number of carboxylic acid groups (broad SMARTS) is 1. The predicted molar refractivity (Wildman–Crippen MR) is 98.7 cm³/mol. The Morgan fingerprint density at radius 2 is 1.96 bits per heavy atom.